The lowest BCUT2D eigenvalue weighted by Gasteiger charge is -2.28. The topological polar surface area (TPSA) is 66.2 Å². The van der Waals surface area contributed by atoms with E-state index in [4.69, 9.17) is 16.3 Å². The van der Waals surface area contributed by atoms with Gasteiger partial charge in [0, 0.05) is 29.1 Å². The Bertz CT molecular complexity index is 792. The smallest absolute Gasteiger partial charge is 0.162 e. The Morgan fingerprint density at radius 3 is 2.73 bits per heavy atom. The van der Waals surface area contributed by atoms with Gasteiger partial charge in [0.15, 0.2) is 5.78 Å². The fraction of sp³-hybridized carbons (Fsp3) is 0.312. The number of carbonyl (C=O) groups is 1. The van der Waals surface area contributed by atoms with Crippen molar-refractivity contribution >= 4 is 34.1 Å². The van der Waals surface area contributed by atoms with Crippen LogP contribution >= 0.6 is 11.6 Å². The maximum Gasteiger partial charge on any atom is 0.162 e. The van der Waals surface area contributed by atoms with Crippen molar-refractivity contribution in [1.29, 1.82) is 5.26 Å². The Morgan fingerprint density at radius 2 is 2.09 bits per heavy atom. The third kappa shape index (κ3) is 2.63. The maximum absolute atomic E-state index is 11.9. The van der Waals surface area contributed by atoms with Crippen molar-refractivity contribution in [3.05, 3.63) is 34.3 Å². The number of morpholine rings is 1. The van der Waals surface area contributed by atoms with Crippen molar-refractivity contribution < 1.29 is 9.53 Å². The van der Waals surface area contributed by atoms with Gasteiger partial charge in [0.25, 0.3) is 0 Å². The zero-order chi connectivity index (χ0) is 15.7. The second kappa shape index (κ2) is 5.91. The second-order valence-electron chi connectivity index (χ2n) is 5.14. The van der Waals surface area contributed by atoms with E-state index in [9.17, 15) is 10.1 Å². The summed E-state index contributed by atoms with van der Waals surface area (Å²) in [6.45, 7) is 4.16. The number of nitriles is 1. The third-order valence-electron chi connectivity index (χ3n) is 3.70. The molecule has 0 atom stereocenters. The summed E-state index contributed by atoms with van der Waals surface area (Å²) in [7, 11) is 0. The number of hydrogen-bond donors (Lipinski definition) is 0. The first-order valence-corrected chi connectivity index (χ1v) is 7.36. The van der Waals surface area contributed by atoms with Gasteiger partial charge in [0.2, 0.25) is 0 Å². The van der Waals surface area contributed by atoms with Crippen molar-refractivity contribution in [2.24, 2.45) is 0 Å². The van der Waals surface area contributed by atoms with Crippen molar-refractivity contribution in [3.63, 3.8) is 0 Å². The highest BCUT2D eigenvalue weighted by Crippen LogP contribution is 2.29. The van der Waals surface area contributed by atoms with Gasteiger partial charge in [-0.1, -0.05) is 11.6 Å². The summed E-state index contributed by atoms with van der Waals surface area (Å²) in [6.07, 6.45) is 0. The molecule has 112 valence electrons. The van der Waals surface area contributed by atoms with E-state index in [1.54, 1.807) is 18.2 Å². The molecule has 22 heavy (non-hydrogen) atoms. The van der Waals surface area contributed by atoms with Crippen molar-refractivity contribution in [1.82, 2.24) is 4.98 Å². The molecule has 0 spiro atoms. The van der Waals surface area contributed by atoms with Crippen molar-refractivity contribution in [2.75, 3.05) is 31.2 Å². The molecule has 2 heterocycles. The number of hydrogen-bond acceptors (Lipinski definition) is 5. The average Bonchev–Trinajstić information content (AvgIpc) is 2.53. The minimum absolute atomic E-state index is 0.122. The average molecular weight is 316 g/mol. The van der Waals surface area contributed by atoms with Gasteiger partial charge in [-0.05, 0) is 25.1 Å². The highest BCUT2D eigenvalue weighted by atomic mass is 35.5. The fourth-order valence-corrected chi connectivity index (χ4v) is 2.81. The number of anilines is 1. The number of aromatic nitrogens is 1. The molecule has 0 unspecified atom stereocenters. The molecule has 1 aliphatic heterocycles. The monoisotopic (exact) mass is 315 g/mol. The zero-order valence-electron chi connectivity index (χ0n) is 12.1. The summed E-state index contributed by atoms with van der Waals surface area (Å²) >= 11 is 6.07. The Kier molecular flexibility index (Phi) is 3.97. The summed E-state index contributed by atoms with van der Waals surface area (Å²) in [5, 5.41) is 10.5. The molecule has 0 aliphatic carbocycles. The van der Waals surface area contributed by atoms with Crippen LogP contribution in [0.3, 0.4) is 0 Å². The van der Waals surface area contributed by atoms with Crippen molar-refractivity contribution in [3.8, 4) is 6.07 Å². The molecular weight excluding hydrogens is 302 g/mol. The van der Waals surface area contributed by atoms with Crippen LogP contribution < -0.4 is 4.90 Å². The molecule has 5 nitrogen and oxygen atoms in total. The molecule has 3 rings (SSSR count). The summed E-state index contributed by atoms with van der Waals surface area (Å²) in [5.74, 6) is 0.570. The van der Waals surface area contributed by atoms with Crippen LogP contribution in [0, 0.1) is 11.3 Å². The minimum atomic E-state index is -0.122. The van der Waals surface area contributed by atoms with Gasteiger partial charge in [0.05, 0.1) is 30.4 Å². The Hall–Kier alpha value is -2.16. The number of halogens is 1. The zero-order valence-corrected chi connectivity index (χ0v) is 12.9. The molecule has 1 saturated heterocycles. The molecule has 2 aromatic rings. The minimum Gasteiger partial charge on any atom is -0.378 e. The molecule has 1 fully saturated rings. The van der Waals surface area contributed by atoms with Crippen LogP contribution in [0.15, 0.2) is 18.2 Å². The fourth-order valence-electron chi connectivity index (χ4n) is 2.59. The first-order chi connectivity index (χ1) is 10.6. The number of benzene rings is 1. The maximum atomic E-state index is 11.9. The molecule has 0 bridgehead atoms. The lowest BCUT2D eigenvalue weighted by Crippen LogP contribution is -2.36. The van der Waals surface area contributed by atoms with E-state index in [1.165, 1.54) is 6.92 Å². The van der Waals surface area contributed by atoms with Crippen LogP contribution in [0.25, 0.3) is 10.9 Å². The molecule has 0 N–H and O–H groups in total. The lowest BCUT2D eigenvalue weighted by molar-refractivity contribution is 0.101. The molecule has 0 saturated carbocycles. The van der Waals surface area contributed by atoms with E-state index in [-0.39, 0.29) is 5.78 Å². The van der Waals surface area contributed by atoms with Gasteiger partial charge >= 0.3 is 0 Å². The van der Waals surface area contributed by atoms with Gasteiger partial charge in [-0.25, -0.2) is 4.98 Å². The summed E-state index contributed by atoms with van der Waals surface area (Å²) in [4.78, 5) is 18.6. The van der Waals surface area contributed by atoms with Gasteiger partial charge in [-0.2, -0.15) is 5.26 Å². The Morgan fingerprint density at radius 1 is 1.36 bits per heavy atom. The highest BCUT2D eigenvalue weighted by Gasteiger charge is 2.18. The molecule has 0 amide bonds. The summed E-state index contributed by atoms with van der Waals surface area (Å²) < 4.78 is 5.34. The van der Waals surface area contributed by atoms with Gasteiger partial charge < -0.3 is 9.64 Å². The first kappa shape index (κ1) is 14.8. The number of fused-ring (bicyclic) bond motifs is 1. The van der Waals surface area contributed by atoms with E-state index in [1.807, 2.05) is 0 Å². The number of carbonyl (C=O) groups excluding carboxylic acids is 1. The number of rotatable bonds is 2. The molecule has 1 aromatic carbocycles. The summed E-state index contributed by atoms with van der Waals surface area (Å²) in [5.41, 5.74) is 1.43. The van der Waals surface area contributed by atoms with Crippen LogP contribution in [0.4, 0.5) is 5.82 Å². The van der Waals surface area contributed by atoms with Crippen LogP contribution in [0.5, 0.6) is 0 Å². The number of nitrogens with zero attached hydrogens (tertiary/aromatic N) is 3. The van der Waals surface area contributed by atoms with Crippen LogP contribution in [0.2, 0.25) is 5.02 Å². The molecule has 0 radical (unpaired) electrons. The normalized spacial score (nSPS) is 14.9. The predicted octanol–water partition coefficient (Wildman–Crippen LogP) is 2.80. The molecule has 1 aromatic heterocycles. The second-order valence-corrected chi connectivity index (χ2v) is 5.58. The van der Waals surface area contributed by atoms with E-state index >= 15 is 0 Å². The van der Waals surface area contributed by atoms with Gasteiger partial charge in [-0.15, -0.1) is 0 Å². The highest BCUT2D eigenvalue weighted by molar-refractivity contribution is 6.32. The van der Waals surface area contributed by atoms with Gasteiger partial charge in [-0.3, -0.25) is 4.79 Å². The van der Waals surface area contributed by atoms with Gasteiger partial charge in [0.1, 0.15) is 5.82 Å². The molecular formula is C16H14ClN3O2. The third-order valence-corrected chi connectivity index (χ3v) is 3.92. The number of pyridine rings is 1. The Labute approximate surface area is 133 Å². The van der Waals surface area contributed by atoms with E-state index in [2.05, 4.69) is 16.0 Å². The van der Waals surface area contributed by atoms with E-state index < -0.39 is 0 Å². The Balaban J connectivity index is 2.25. The van der Waals surface area contributed by atoms with Crippen LogP contribution in [-0.4, -0.2) is 37.1 Å². The van der Waals surface area contributed by atoms with Crippen molar-refractivity contribution in [2.45, 2.75) is 6.92 Å². The van der Waals surface area contributed by atoms with Crippen LogP contribution in [0.1, 0.15) is 22.8 Å². The quantitative estimate of drug-likeness (QED) is 0.797. The number of ether oxygens (including phenoxy) is 1. The summed E-state index contributed by atoms with van der Waals surface area (Å²) in [6, 6.07) is 7.20. The largest absolute Gasteiger partial charge is 0.378 e. The number of ketones is 1. The van der Waals surface area contributed by atoms with E-state index in [0.29, 0.717) is 59.2 Å². The SMILES string of the molecule is CC(=O)c1cc(Cl)cc2c(C#N)cc(N3CCOCC3)nc12. The predicted molar refractivity (Wildman–Crippen MR) is 84.5 cm³/mol. The van der Waals surface area contributed by atoms with E-state index in [0.717, 1.165) is 0 Å². The lowest BCUT2D eigenvalue weighted by atomic mass is 10.0. The standard InChI is InChI=1S/C16H14ClN3O2/c1-10(21)13-7-12(17)8-14-11(9-18)6-15(19-16(13)14)20-2-4-22-5-3-20/h6-8H,2-5H2,1H3. The van der Waals surface area contributed by atoms with Crippen LogP contribution in [-0.2, 0) is 4.74 Å². The number of Topliss-reactive ketones (excluding diaryl/α,β-unsaturated/α-hetero) is 1. The molecule has 6 heteroatoms. The molecule has 1 aliphatic rings. The first-order valence-electron chi connectivity index (χ1n) is 6.98.